The Morgan fingerprint density at radius 3 is 2.84 bits per heavy atom. The van der Waals surface area contributed by atoms with E-state index < -0.39 is 9.84 Å². The molecule has 0 bridgehead atoms. The number of hydrogen-bond acceptors (Lipinski definition) is 4. The highest BCUT2D eigenvalue weighted by atomic mass is 79.9. The standard InChI is InChI=1S/C12H12BrNO3S2/c1-2-4-14(10-3-5-19(16,17)8-10)12(15)9-6-11(13)18-7-9/h1,6-7,10H,3-5,8H2/t10-/m0/s1. The number of rotatable bonds is 3. The smallest absolute Gasteiger partial charge is 0.255 e. The molecule has 19 heavy (non-hydrogen) atoms. The van der Waals surface area contributed by atoms with Gasteiger partial charge < -0.3 is 4.90 Å². The lowest BCUT2D eigenvalue weighted by molar-refractivity contribution is 0.0725. The van der Waals surface area contributed by atoms with Gasteiger partial charge in [0.05, 0.1) is 27.4 Å². The number of carbonyl (C=O) groups excluding carboxylic acids is 1. The molecule has 0 aliphatic carbocycles. The number of carbonyl (C=O) groups is 1. The molecule has 1 saturated heterocycles. The highest BCUT2D eigenvalue weighted by Gasteiger charge is 2.34. The fourth-order valence-electron chi connectivity index (χ4n) is 2.07. The first kappa shape index (κ1) is 14.6. The zero-order chi connectivity index (χ0) is 14.0. The van der Waals surface area contributed by atoms with Crippen molar-refractivity contribution in [3.8, 4) is 12.3 Å². The van der Waals surface area contributed by atoms with E-state index in [2.05, 4.69) is 21.9 Å². The van der Waals surface area contributed by atoms with E-state index in [1.54, 1.807) is 11.4 Å². The van der Waals surface area contributed by atoms with Crippen LogP contribution in [0.4, 0.5) is 0 Å². The van der Waals surface area contributed by atoms with E-state index >= 15 is 0 Å². The van der Waals surface area contributed by atoms with Gasteiger partial charge in [0.25, 0.3) is 5.91 Å². The SMILES string of the molecule is C#CCN(C(=O)c1csc(Br)c1)[C@H]1CCS(=O)(=O)C1. The van der Waals surface area contributed by atoms with Crippen LogP contribution in [0.5, 0.6) is 0 Å². The molecule has 1 aromatic rings. The van der Waals surface area contributed by atoms with Crippen LogP contribution in [0.15, 0.2) is 15.2 Å². The molecule has 0 spiro atoms. The van der Waals surface area contributed by atoms with Gasteiger partial charge in [-0.3, -0.25) is 4.79 Å². The van der Waals surface area contributed by atoms with E-state index in [4.69, 9.17) is 6.42 Å². The van der Waals surface area contributed by atoms with Gasteiger partial charge in [0.15, 0.2) is 9.84 Å². The molecule has 2 rings (SSSR count). The molecular formula is C12H12BrNO3S2. The summed E-state index contributed by atoms with van der Waals surface area (Å²) in [7, 11) is -3.04. The average Bonchev–Trinajstić information content (AvgIpc) is 2.91. The molecule has 0 N–H and O–H groups in total. The Morgan fingerprint density at radius 1 is 1.63 bits per heavy atom. The van der Waals surface area contributed by atoms with Crippen LogP contribution >= 0.6 is 27.3 Å². The third-order valence-electron chi connectivity index (χ3n) is 2.99. The Balaban J connectivity index is 2.21. The van der Waals surface area contributed by atoms with Crippen molar-refractivity contribution in [3.05, 3.63) is 20.8 Å². The Bertz CT molecular complexity index is 630. The van der Waals surface area contributed by atoms with E-state index in [9.17, 15) is 13.2 Å². The zero-order valence-corrected chi connectivity index (χ0v) is 13.2. The first-order chi connectivity index (χ1) is 8.93. The lowest BCUT2D eigenvalue weighted by Gasteiger charge is -2.25. The second-order valence-electron chi connectivity index (χ2n) is 4.33. The predicted octanol–water partition coefficient (Wildman–Crippen LogP) is 1.77. The van der Waals surface area contributed by atoms with E-state index in [0.29, 0.717) is 12.0 Å². The summed E-state index contributed by atoms with van der Waals surface area (Å²) in [6.45, 7) is 0.131. The van der Waals surface area contributed by atoms with Gasteiger partial charge >= 0.3 is 0 Å². The van der Waals surface area contributed by atoms with Crippen LogP contribution in [0.1, 0.15) is 16.8 Å². The van der Waals surface area contributed by atoms with Crippen LogP contribution in [0, 0.1) is 12.3 Å². The van der Waals surface area contributed by atoms with Gasteiger partial charge in [-0.05, 0) is 28.4 Å². The summed E-state index contributed by atoms with van der Waals surface area (Å²) in [5.41, 5.74) is 0.538. The minimum Gasteiger partial charge on any atom is -0.323 e. The lowest BCUT2D eigenvalue weighted by atomic mass is 10.2. The molecule has 0 radical (unpaired) electrons. The summed E-state index contributed by atoms with van der Waals surface area (Å²) < 4.78 is 23.9. The molecule has 1 aromatic heterocycles. The van der Waals surface area contributed by atoms with Crippen LogP contribution in [0.2, 0.25) is 0 Å². The van der Waals surface area contributed by atoms with Gasteiger partial charge in [-0.1, -0.05) is 5.92 Å². The highest BCUT2D eigenvalue weighted by molar-refractivity contribution is 9.11. The maximum absolute atomic E-state index is 12.4. The molecule has 102 valence electrons. The lowest BCUT2D eigenvalue weighted by Crippen LogP contribution is -2.41. The summed E-state index contributed by atoms with van der Waals surface area (Å²) in [4.78, 5) is 13.9. The van der Waals surface area contributed by atoms with Gasteiger partial charge in [-0.15, -0.1) is 17.8 Å². The molecule has 4 nitrogen and oxygen atoms in total. The van der Waals surface area contributed by atoms with Crippen molar-refractivity contribution in [2.24, 2.45) is 0 Å². The first-order valence-corrected chi connectivity index (χ1v) is 9.11. The fourth-order valence-corrected chi connectivity index (χ4v) is 4.94. The highest BCUT2D eigenvalue weighted by Crippen LogP contribution is 2.24. The number of amides is 1. The minimum absolute atomic E-state index is 0.00568. The van der Waals surface area contributed by atoms with E-state index in [1.807, 2.05) is 0 Å². The molecule has 2 heterocycles. The average molecular weight is 362 g/mol. The number of hydrogen-bond donors (Lipinski definition) is 0. The Morgan fingerprint density at radius 2 is 2.37 bits per heavy atom. The van der Waals surface area contributed by atoms with Crippen molar-refractivity contribution in [1.29, 1.82) is 0 Å². The van der Waals surface area contributed by atoms with Crippen molar-refractivity contribution < 1.29 is 13.2 Å². The summed E-state index contributed by atoms with van der Waals surface area (Å²) in [6, 6.07) is 1.41. The van der Waals surface area contributed by atoms with Crippen molar-refractivity contribution in [2.75, 3.05) is 18.1 Å². The number of thiophene rings is 1. The maximum Gasteiger partial charge on any atom is 0.255 e. The van der Waals surface area contributed by atoms with Gasteiger partial charge in [-0.2, -0.15) is 0 Å². The third-order valence-corrected chi connectivity index (χ3v) is 6.24. The third kappa shape index (κ3) is 3.38. The van der Waals surface area contributed by atoms with Gasteiger partial charge in [0.1, 0.15) is 0 Å². The summed E-state index contributed by atoms with van der Waals surface area (Å²) in [5.74, 6) is 2.36. The van der Waals surface area contributed by atoms with Gasteiger partial charge in [0.2, 0.25) is 0 Å². The van der Waals surface area contributed by atoms with Crippen molar-refractivity contribution in [3.63, 3.8) is 0 Å². The van der Waals surface area contributed by atoms with E-state index in [1.165, 1.54) is 16.2 Å². The first-order valence-electron chi connectivity index (χ1n) is 5.62. The molecule has 1 amide bonds. The van der Waals surface area contributed by atoms with Gasteiger partial charge in [0, 0.05) is 11.4 Å². The summed E-state index contributed by atoms with van der Waals surface area (Å²) in [6.07, 6.45) is 5.75. The molecule has 0 aromatic carbocycles. The van der Waals surface area contributed by atoms with Crippen molar-refractivity contribution in [2.45, 2.75) is 12.5 Å². The summed E-state index contributed by atoms with van der Waals surface area (Å²) in [5, 5.41) is 1.74. The Hall–Kier alpha value is -0.840. The number of terminal acetylenes is 1. The van der Waals surface area contributed by atoms with Crippen LogP contribution < -0.4 is 0 Å². The second kappa shape index (κ2) is 5.65. The van der Waals surface area contributed by atoms with Gasteiger partial charge in [-0.25, -0.2) is 8.42 Å². The van der Waals surface area contributed by atoms with Crippen molar-refractivity contribution >= 4 is 43.0 Å². The topological polar surface area (TPSA) is 54.5 Å². The maximum atomic E-state index is 12.4. The van der Waals surface area contributed by atoms with Crippen molar-refractivity contribution in [1.82, 2.24) is 4.90 Å². The van der Waals surface area contributed by atoms with Crippen LogP contribution in [-0.2, 0) is 9.84 Å². The predicted molar refractivity (Wildman–Crippen MR) is 78.9 cm³/mol. The summed E-state index contributed by atoms with van der Waals surface area (Å²) >= 11 is 4.71. The van der Waals surface area contributed by atoms with Crippen LogP contribution in [-0.4, -0.2) is 43.3 Å². The molecule has 1 aliphatic heterocycles. The Labute approximate surface area is 124 Å². The quantitative estimate of drug-likeness (QED) is 0.771. The molecule has 1 aliphatic rings. The fraction of sp³-hybridized carbons (Fsp3) is 0.417. The monoisotopic (exact) mass is 361 g/mol. The normalized spacial score (nSPS) is 20.9. The van der Waals surface area contributed by atoms with E-state index in [0.717, 1.165) is 3.79 Å². The van der Waals surface area contributed by atoms with E-state index in [-0.39, 0.29) is 30.0 Å². The van der Waals surface area contributed by atoms with Crippen LogP contribution in [0.25, 0.3) is 0 Å². The molecular weight excluding hydrogens is 350 g/mol. The Kier molecular flexibility index (Phi) is 4.33. The zero-order valence-electron chi connectivity index (χ0n) is 10.0. The number of halogens is 1. The molecule has 0 unspecified atom stereocenters. The largest absolute Gasteiger partial charge is 0.323 e. The molecule has 7 heteroatoms. The number of sulfone groups is 1. The minimum atomic E-state index is -3.04. The molecule has 0 saturated carbocycles. The van der Waals surface area contributed by atoms with Crippen LogP contribution in [0.3, 0.4) is 0 Å². The number of nitrogens with zero attached hydrogens (tertiary/aromatic N) is 1. The molecule has 1 atom stereocenters. The second-order valence-corrected chi connectivity index (χ2v) is 8.85. The molecule has 1 fully saturated rings.